The fourth-order valence-corrected chi connectivity index (χ4v) is 9.55. The van der Waals surface area contributed by atoms with Crippen LogP contribution in [0.25, 0.3) is 0 Å². The van der Waals surface area contributed by atoms with Crippen molar-refractivity contribution >= 4 is 19.8 Å². The zero-order chi connectivity index (χ0) is 55.9. The van der Waals surface area contributed by atoms with Crippen LogP contribution >= 0.6 is 7.82 Å². The van der Waals surface area contributed by atoms with Crippen LogP contribution in [0.15, 0.2) is 97.2 Å². The lowest BCUT2D eigenvalue weighted by Gasteiger charge is -2.19. The van der Waals surface area contributed by atoms with E-state index in [9.17, 15) is 19.0 Å². The Bertz CT molecular complexity index is 1580. The topological polar surface area (TPSA) is 134 Å². The van der Waals surface area contributed by atoms with Crippen LogP contribution in [-0.4, -0.2) is 49.3 Å². The third-order valence-electron chi connectivity index (χ3n) is 13.5. The van der Waals surface area contributed by atoms with Crippen LogP contribution in [0.3, 0.4) is 0 Å². The predicted octanol–water partition coefficient (Wildman–Crippen LogP) is 20.4. The van der Waals surface area contributed by atoms with Crippen molar-refractivity contribution in [1.82, 2.24) is 0 Å². The number of nitrogens with two attached hydrogens (primary N) is 1. The second-order valence-electron chi connectivity index (χ2n) is 20.9. The van der Waals surface area contributed by atoms with Crippen LogP contribution in [0, 0.1) is 0 Å². The lowest BCUT2D eigenvalue weighted by molar-refractivity contribution is -0.161. The third-order valence-corrected chi connectivity index (χ3v) is 14.4. The van der Waals surface area contributed by atoms with Gasteiger partial charge >= 0.3 is 19.8 Å². The minimum absolute atomic E-state index is 0.0478. The van der Waals surface area contributed by atoms with E-state index in [1.54, 1.807) is 0 Å². The smallest absolute Gasteiger partial charge is 0.462 e. The second kappa shape index (κ2) is 62.1. The summed E-state index contributed by atoms with van der Waals surface area (Å²) in [6.07, 6.45) is 83.3. The van der Waals surface area contributed by atoms with Crippen molar-refractivity contribution in [3.8, 4) is 0 Å². The summed E-state index contributed by atoms with van der Waals surface area (Å²) in [5, 5.41) is 0. The number of unbranched alkanes of at least 4 members (excludes halogenated alkanes) is 30. The average molecular weight is 1100 g/mol. The Morgan fingerprint density at radius 1 is 0.403 bits per heavy atom. The molecule has 2 atom stereocenters. The van der Waals surface area contributed by atoms with Gasteiger partial charge in [0.1, 0.15) is 6.61 Å². The lowest BCUT2D eigenvalue weighted by Crippen LogP contribution is -2.29. The van der Waals surface area contributed by atoms with Gasteiger partial charge in [-0.25, -0.2) is 4.57 Å². The number of ether oxygens (including phenoxy) is 2. The molecule has 0 bridgehead atoms. The first kappa shape index (κ1) is 73.9. The average Bonchev–Trinajstić information content (AvgIpc) is 3.42. The van der Waals surface area contributed by atoms with Gasteiger partial charge in [-0.1, -0.05) is 272 Å². The molecule has 0 fully saturated rings. The fraction of sp³-hybridized carbons (Fsp3) is 0.731. The highest BCUT2D eigenvalue weighted by Crippen LogP contribution is 2.43. The van der Waals surface area contributed by atoms with E-state index < -0.39 is 26.5 Å². The maximum atomic E-state index is 12.7. The van der Waals surface area contributed by atoms with Crippen LogP contribution in [0.4, 0.5) is 0 Å². The monoisotopic (exact) mass is 1100 g/mol. The standard InChI is InChI=1S/C67H118NO8P/c1-3-5-7-9-11-13-15-17-19-21-23-25-27-28-29-30-31-32-33-34-35-36-38-39-41-43-45-47-49-51-53-55-57-59-66(69)73-63-65(64-75-77(71,72)74-62-61-68)76-67(70)60-58-56-54-52-50-48-46-44-42-40-37-26-24-22-20-18-16-14-12-10-8-6-4-2/h6,8,12,14-15,17-18,20-21,23-24,26-28,40,42,65H,3-5,7,9-11,13,16,19,22,25,29-39,41,43-64,68H2,1-2H3,(H,71,72)/b8-6-,14-12-,17-15-,20-18-,23-21-,26-24-,28-27-,42-40-. The molecule has 2 unspecified atom stereocenters. The molecule has 9 nitrogen and oxygen atoms in total. The summed E-state index contributed by atoms with van der Waals surface area (Å²) < 4.78 is 33.1. The molecule has 0 heterocycles. The van der Waals surface area contributed by atoms with Crippen molar-refractivity contribution in [1.29, 1.82) is 0 Å². The number of phosphoric ester groups is 1. The molecular formula is C67H118NO8P. The highest BCUT2D eigenvalue weighted by Gasteiger charge is 2.26. The van der Waals surface area contributed by atoms with Gasteiger partial charge in [0.05, 0.1) is 13.2 Å². The lowest BCUT2D eigenvalue weighted by atomic mass is 10.0. The molecule has 444 valence electrons. The first-order chi connectivity index (χ1) is 37.8. The summed E-state index contributed by atoms with van der Waals surface area (Å²) in [5.74, 6) is -0.837. The van der Waals surface area contributed by atoms with Gasteiger partial charge in [-0.15, -0.1) is 0 Å². The van der Waals surface area contributed by atoms with Crippen LogP contribution in [-0.2, 0) is 32.7 Å². The minimum atomic E-state index is -4.40. The molecule has 0 aromatic rings. The quantitative estimate of drug-likeness (QED) is 0.0264. The van der Waals surface area contributed by atoms with E-state index in [0.717, 1.165) is 89.9 Å². The number of rotatable bonds is 59. The summed E-state index contributed by atoms with van der Waals surface area (Å²) in [7, 11) is -4.40. The maximum absolute atomic E-state index is 12.7. The van der Waals surface area contributed by atoms with Crippen LogP contribution in [0.5, 0.6) is 0 Å². The Morgan fingerprint density at radius 3 is 1.06 bits per heavy atom. The number of hydrogen-bond donors (Lipinski definition) is 2. The molecule has 77 heavy (non-hydrogen) atoms. The van der Waals surface area contributed by atoms with E-state index in [1.165, 1.54) is 161 Å². The molecule has 0 aromatic carbocycles. The van der Waals surface area contributed by atoms with Crippen LogP contribution in [0.2, 0.25) is 0 Å². The van der Waals surface area contributed by atoms with Gasteiger partial charge in [-0.3, -0.25) is 18.6 Å². The molecule has 0 aromatic heterocycles. The summed E-state index contributed by atoms with van der Waals surface area (Å²) in [5.41, 5.74) is 5.39. The zero-order valence-corrected chi connectivity index (χ0v) is 50.6. The van der Waals surface area contributed by atoms with E-state index >= 15 is 0 Å². The largest absolute Gasteiger partial charge is 0.472 e. The van der Waals surface area contributed by atoms with Gasteiger partial charge < -0.3 is 20.1 Å². The summed E-state index contributed by atoms with van der Waals surface area (Å²) in [6, 6.07) is 0. The molecule has 0 aliphatic rings. The van der Waals surface area contributed by atoms with E-state index in [1.807, 2.05) is 0 Å². The molecule has 3 N–H and O–H groups in total. The number of allylic oxidation sites excluding steroid dienone is 16. The first-order valence-corrected chi connectivity index (χ1v) is 33.2. The van der Waals surface area contributed by atoms with Crippen LogP contribution in [0.1, 0.15) is 284 Å². The van der Waals surface area contributed by atoms with Crippen molar-refractivity contribution in [3.63, 3.8) is 0 Å². The van der Waals surface area contributed by atoms with Crippen molar-refractivity contribution in [2.75, 3.05) is 26.4 Å². The summed E-state index contributed by atoms with van der Waals surface area (Å²) in [6.45, 7) is 3.62. The van der Waals surface area contributed by atoms with Gasteiger partial charge in [-0.2, -0.15) is 0 Å². The summed E-state index contributed by atoms with van der Waals surface area (Å²) >= 11 is 0. The molecule has 0 spiro atoms. The molecule has 0 amide bonds. The van der Waals surface area contributed by atoms with Crippen molar-refractivity contribution in [2.45, 2.75) is 290 Å². The molecule has 0 aliphatic heterocycles. The third kappa shape index (κ3) is 62.0. The van der Waals surface area contributed by atoms with Gasteiger partial charge in [0.2, 0.25) is 0 Å². The zero-order valence-electron chi connectivity index (χ0n) is 49.7. The Balaban J connectivity index is 3.92. The molecule has 0 aliphatic carbocycles. The Morgan fingerprint density at radius 2 is 0.714 bits per heavy atom. The number of phosphoric acid groups is 1. The highest BCUT2D eigenvalue weighted by atomic mass is 31.2. The Labute approximate surface area is 474 Å². The number of carbonyl (C=O) groups is 2. The van der Waals surface area contributed by atoms with E-state index in [2.05, 4.69) is 111 Å². The molecule has 0 radical (unpaired) electrons. The maximum Gasteiger partial charge on any atom is 0.472 e. The normalized spacial score (nSPS) is 13.7. The Hall–Kier alpha value is -3.07. The van der Waals surface area contributed by atoms with Gasteiger partial charge in [0.25, 0.3) is 0 Å². The first-order valence-electron chi connectivity index (χ1n) is 31.7. The number of esters is 2. The molecule has 0 saturated heterocycles. The van der Waals surface area contributed by atoms with E-state index in [-0.39, 0.29) is 38.6 Å². The molecule has 10 heteroatoms. The second-order valence-corrected chi connectivity index (χ2v) is 22.3. The van der Waals surface area contributed by atoms with Gasteiger partial charge in [0.15, 0.2) is 6.10 Å². The molecule has 0 rings (SSSR count). The van der Waals surface area contributed by atoms with Gasteiger partial charge in [-0.05, 0) is 96.3 Å². The number of hydrogen-bond acceptors (Lipinski definition) is 8. The summed E-state index contributed by atoms with van der Waals surface area (Å²) in [4.78, 5) is 35.3. The SMILES string of the molecule is CC/C=C\C/C=C\C/C=C\C/C=C\C/C=C\CCCCCCCCCC(=O)OC(COC(=O)CCCCCCCCCCCCCCCCCCCC/C=C\C/C=C\C/C=C\CCCCCCC)COP(=O)(O)OCCN. The van der Waals surface area contributed by atoms with E-state index in [4.69, 9.17) is 24.3 Å². The molecular weight excluding hydrogens is 978 g/mol. The highest BCUT2D eigenvalue weighted by molar-refractivity contribution is 7.47. The molecule has 0 saturated carbocycles. The van der Waals surface area contributed by atoms with Crippen molar-refractivity contribution in [2.24, 2.45) is 5.73 Å². The van der Waals surface area contributed by atoms with Crippen molar-refractivity contribution in [3.05, 3.63) is 97.2 Å². The minimum Gasteiger partial charge on any atom is -0.462 e. The van der Waals surface area contributed by atoms with Crippen molar-refractivity contribution < 1.29 is 37.6 Å². The van der Waals surface area contributed by atoms with Gasteiger partial charge in [0, 0.05) is 19.4 Å². The van der Waals surface area contributed by atoms with E-state index in [0.29, 0.717) is 6.42 Å². The number of carbonyl (C=O) groups excluding carboxylic acids is 2. The fourth-order valence-electron chi connectivity index (χ4n) is 8.79. The van der Waals surface area contributed by atoms with Crippen LogP contribution < -0.4 is 5.73 Å². The predicted molar refractivity (Wildman–Crippen MR) is 330 cm³/mol. The Kier molecular flexibility index (Phi) is 59.7.